The number of rotatable bonds is 6. The van der Waals surface area contributed by atoms with E-state index in [-0.39, 0.29) is 17.3 Å². The van der Waals surface area contributed by atoms with Gasteiger partial charge in [0.2, 0.25) is 0 Å². The molecular formula is C20H23N3O2S2. The van der Waals surface area contributed by atoms with Crippen molar-refractivity contribution in [2.75, 3.05) is 13.2 Å². The smallest absolute Gasteiger partial charge is 0.256 e. The largest absolute Gasteiger partial charge is 0.376 e. The third-order valence-electron chi connectivity index (χ3n) is 4.15. The lowest BCUT2D eigenvalue weighted by molar-refractivity contribution is -0.121. The van der Waals surface area contributed by atoms with Crippen molar-refractivity contribution in [1.29, 1.82) is 0 Å². The fraction of sp³-hybridized carbons (Fsp3) is 0.300. The van der Waals surface area contributed by atoms with Gasteiger partial charge in [0.15, 0.2) is 5.11 Å². The second-order valence-electron chi connectivity index (χ2n) is 6.18. The number of benzene rings is 2. The van der Waals surface area contributed by atoms with Gasteiger partial charge in [-0.3, -0.25) is 15.6 Å². The first kappa shape index (κ1) is 19.7. The Morgan fingerprint density at radius 1 is 1.11 bits per heavy atom. The van der Waals surface area contributed by atoms with E-state index in [1.165, 1.54) is 11.8 Å². The van der Waals surface area contributed by atoms with Crippen LogP contribution in [0, 0.1) is 0 Å². The van der Waals surface area contributed by atoms with Crippen LogP contribution in [-0.4, -0.2) is 30.3 Å². The van der Waals surface area contributed by atoms with Gasteiger partial charge in [-0.25, -0.2) is 0 Å². The predicted molar refractivity (Wildman–Crippen MR) is 112 cm³/mol. The zero-order valence-electron chi connectivity index (χ0n) is 14.9. The molecule has 0 bridgehead atoms. The molecule has 0 spiro atoms. The standard InChI is InChI=1S/C20H23N3O2S2/c24-19(22-23-20(26)21-14-16-10-7-13-25-16)18(15-8-3-1-4-9-15)27-17-11-5-2-6-12-17/h1-6,8-9,11-12,16,18H,7,10,13-14H2,(H,22,24)(H2,21,23,26). The van der Waals surface area contributed by atoms with Crippen molar-refractivity contribution in [3.8, 4) is 0 Å². The van der Waals surface area contributed by atoms with E-state index in [1.807, 2.05) is 60.7 Å². The van der Waals surface area contributed by atoms with Crippen molar-refractivity contribution < 1.29 is 9.53 Å². The first-order valence-electron chi connectivity index (χ1n) is 8.94. The Morgan fingerprint density at radius 2 is 1.81 bits per heavy atom. The SMILES string of the molecule is O=C(NNC(=S)NCC1CCCO1)C(Sc1ccccc1)c1ccccc1. The van der Waals surface area contributed by atoms with Gasteiger partial charge in [0.05, 0.1) is 6.10 Å². The lowest BCUT2D eigenvalue weighted by Crippen LogP contribution is -2.49. The molecule has 142 valence electrons. The molecule has 7 heteroatoms. The maximum absolute atomic E-state index is 12.8. The Hall–Kier alpha value is -2.09. The summed E-state index contributed by atoms with van der Waals surface area (Å²) in [5.74, 6) is -0.156. The highest BCUT2D eigenvalue weighted by atomic mass is 32.2. The fourth-order valence-electron chi connectivity index (χ4n) is 2.78. The number of hydrogen-bond donors (Lipinski definition) is 3. The Bertz CT molecular complexity index is 737. The Labute approximate surface area is 169 Å². The van der Waals surface area contributed by atoms with Crippen molar-refractivity contribution in [3.63, 3.8) is 0 Å². The number of ether oxygens (including phenoxy) is 1. The molecule has 1 amide bonds. The van der Waals surface area contributed by atoms with E-state index in [0.29, 0.717) is 11.7 Å². The summed E-state index contributed by atoms with van der Waals surface area (Å²) in [6.07, 6.45) is 2.30. The molecule has 5 nitrogen and oxygen atoms in total. The molecule has 1 aliphatic rings. The lowest BCUT2D eigenvalue weighted by atomic mass is 10.1. The van der Waals surface area contributed by atoms with E-state index in [0.717, 1.165) is 29.9 Å². The molecule has 3 rings (SSSR count). The van der Waals surface area contributed by atoms with E-state index < -0.39 is 0 Å². The first-order valence-corrected chi connectivity index (χ1v) is 10.2. The highest BCUT2D eigenvalue weighted by molar-refractivity contribution is 8.00. The van der Waals surface area contributed by atoms with Gasteiger partial charge in [-0.1, -0.05) is 48.5 Å². The third-order valence-corrected chi connectivity index (χ3v) is 5.66. The molecule has 0 saturated carbocycles. The average Bonchev–Trinajstić information content (AvgIpc) is 3.24. The van der Waals surface area contributed by atoms with Crippen molar-refractivity contribution in [3.05, 3.63) is 66.2 Å². The van der Waals surface area contributed by atoms with Gasteiger partial charge in [0.25, 0.3) is 5.91 Å². The number of carbonyl (C=O) groups excluding carboxylic acids is 1. The minimum absolute atomic E-state index is 0.156. The van der Waals surface area contributed by atoms with Gasteiger partial charge in [0, 0.05) is 18.0 Å². The summed E-state index contributed by atoms with van der Waals surface area (Å²) in [6.45, 7) is 1.45. The minimum atomic E-state index is -0.387. The Morgan fingerprint density at radius 3 is 2.48 bits per heavy atom. The van der Waals surface area contributed by atoms with Crippen LogP contribution in [0.2, 0.25) is 0 Å². The van der Waals surface area contributed by atoms with E-state index >= 15 is 0 Å². The second-order valence-corrected chi connectivity index (χ2v) is 7.77. The molecule has 1 saturated heterocycles. The number of thiocarbonyl (C=S) groups is 1. The molecule has 1 fully saturated rings. The van der Waals surface area contributed by atoms with E-state index in [4.69, 9.17) is 17.0 Å². The molecule has 2 aromatic carbocycles. The van der Waals surface area contributed by atoms with Crippen LogP contribution in [0.1, 0.15) is 23.7 Å². The van der Waals surface area contributed by atoms with Crippen LogP contribution >= 0.6 is 24.0 Å². The summed E-state index contributed by atoms with van der Waals surface area (Å²) in [6, 6.07) is 19.6. The van der Waals surface area contributed by atoms with Gasteiger partial charge in [-0.05, 0) is 42.8 Å². The fourth-order valence-corrected chi connectivity index (χ4v) is 3.96. The van der Waals surface area contributed by atoms with Gasteiger partial charge < -0.3 is 10.1 Å². The van der Waals surface area contributed by atoms with Crippen molar-refractivity contribution in [2.45, 2.75) is 29.1 Å². The summed E-state index contributed by atoms with van der Waals surface area (Å²) >= 11 is 6.74. The molecule has 0 radical (unpaired) electrons. The minimum Gasteiger partial charge on any atom is -0.376 e. The highest BCUT2D eigenvalue weighted by Gasteiger charge is 2.22. The van der Waals surface area contributed by atoms with Crippen LogP contribution in [0.25, 0.3) is 0 Å². The molecule has 2 unspecified atom stereocenters. The van der Waals surface area contributed by atoms with Crippen molar-refractivity contribution in [2.24, 2.45) is 0 Å². The number of hydrogen-bond acceptors (Lipinski definition) is 4. The Kier molecular flexibility index (Phi) is 7.50. The van der Waals surface area contributed by atoms with Crippen LogP contribution < -0.4 is 16.2 Å². The Balaban J connectivity index is 1.56. The molecule has 1 heterocycles. The highest BCUT2D eigenvalue weighted by Crippen LogP contribution is 2.35. The van der Waals surface area contributed by atoms with Gasteiger partial charge in [0.1, 0.15) is 5.25 Å². The number of amides is 1. The number of carbonyl (C=O) groups is 1. The molecule has 0 aliphatic carbocycles. The van der Waals surface area contributed by atoms with Crippen molar-refractivity contribution >= 4 is 35.0 Å². The molecular weight excluding hydrogens is 378 g/mol. The summed E-state index contributed by atoms with van der Waals surface area (Å²) in [5, 5.41) is 3.08. The molecule has 2 atom stereocenters. The van der Waals surface area contributed by atoms with E-state index in [2.05, 4.69) is 16.2 Å². The third kappa shape index (κ3) is 6.23. The molecule has 1 aliphatic heterocycles. The summed E-state index contributed by atoms with van der Waals surface area (Å²) in [5.41, 5.74) is 6.45. The van der Waals surface area contributed by atoms with Gasteiger partial charge in [-0.15, -0.1) is 11.8 Å². The number of thioether (sulfide) groups is 1. The zero-order valence-corrected chi connectivity index (χ0v) is 16.5. The number of nitrogens with one attached hydrogen (secondary N) is 3. The summed E-state index contributed by atoms with van der Waals surface area (Å²) in [4.78, 5) is 13.8. The summed E-state index contributed by atoms with van der Waals surface area (Å²) in [7, 11) is 0. The second kappa shape index (κ2) is 10.3. The molecule has 27 heavy (non-hydrogen) atoms. The van der Waals surface area contributed by atoms with Crippen LogP contribution in [0.5, 0.6) is 0 Å². The van der Waals surface area contributed by atoms with E-state index in [1.54, 1.807) is 0 Å². The first-order chi connectivity index (χ1) is 13.2. The maximum Gasteiger partial charge on any atom is 0.256 e. The maximum atomic E-state index is 12.8. The monoisotopic (exact) mass is 401 g/mol. The topological polar surface area (TPSA) is 62.4 Å². The number of hydrazine groups is 1. The molecule has 2 aromatic rings. The zero-order chi connectivity index (χ0) is 18.9. The van der Waals surface area contributed by atoms with Crippen molar-refractivity contribution in [1.82, 2.24) is 16.2 Å². The van der Waals surface area contributed by atoms with Crippen LogP contribution in [-0.2, 0) is 9.53 Å². The van der Waals surface area contributed by atoms with Gasteiger partial charge in [-0.2, -0.15) is 0 Å². The van der Waals surface area contributed by atoms with Gasteiger partial charge >= 0.3 is 0 Å². The van der Waals surface area contributed by atoms with E-state index in [9.17, 15) is 4.79 Å². The average molecular weight is 402 g/mol. The molecule has 0 aromatic heterocycles. The van der Waals surface area contributed by atoms with Crippen LogP contribution in [0.15, 0.2) is 65.6 Å². The predicted octanol–water partition coefficient (Wildman–Crippen LogP) is 3.19. The van der Waals surface area contributed by atoms with Crippen LogP contribution in [0.3, 0.4) is 0 Å². The quantitative estimate of drug-likeness (QED) is 0.393. The normalized spacial score (nSPS) is 17.1. The molecule has 3 N–H and O–H groups in total. The summed E-state index contributed by atoms with van der Waals surface area (Å²) < 4.78 is 5.55. The lowest BCUT2D eigenvalue weighted by Gasteiger charge is -2.19. The van der Waals surface area contributed by atoms with Crippen LogP contribution in [0.4, 0.5) is 0 Å².